The first-order valence-corrected chi connectivity index (χ1v) is 14.5. The van der Waals surface area contributed by atoms with Gasteiger partial charge in [-0.2, -0.15) is 0 Å². The summed E-state index contributed by atoms with van der Waals surface area (Å²) < 4.78 is 24.5. The van der Waals surface area contributed by atoms with Crippen molar-refractivity contribution in [1.29, 1.82) is 0 Å². The summed E-state index contributed by atoms with van der Waals surface area (Å²) in [6.07, 6.45) is 12.2. The molecular weight excluding hydrogens is 424 g/mol. The molecule has 0 N–H and O–H groups in total. The lowest BCUT2D eigenvalue weighted by atomic mass is 9.72. The van der Waals surface area contributed by atoms with Crippen LogP contribution in [0.3, 0.4) is 0 Å². The monoisotopic (exact) mass is 460 g/mol. The van der Waals surface area contributed by atoms with Gasteiger partial charge in [0.05, 0.1) is 6.61 Å². The summed E-state index contributed by atoms with van der Waals surface area (Å²) in [6.45, 7) is 4.85. The summed E-state index contributed by atoms with van der Waals surface area (Å²) in [7, 11) is -3.22. The first-order chi connectivity index (χ1) is 15.3. The molecular formula is C25H36O6Si. The van der Waals surface area contributed by atoms with Gasteiger partial charge in [-0.1, -0.05) is 44.6 Å². The maximum Gasteiger partial charge on any atom is 0.496 e. The van der Waals surface area contributed by atoms with Crippen LogP contribution in [-0.4, -0.2) is 26.3 Å². The number of hydrogen-bond donors (Lipinski definition) is 0. The predicted molar refractivity (Wildman–Crippen MR) is 123 cm³/mol. The van der Waals surface area contributed by atoms with Gasteiger partial charge in [-0.25, -0.2) is 0 Å². The third kappa shape index (κ3) is 4.74. The fourth-order valence-electron chi connectivity index (χ4n) is 5.90. The molecule has 0 atom stereocenters. The average molecular weight is 461 g/mol. The van der Waals surface area contributed by atoms with Gasteiger partial charge < -0.3 is 18.3 Å². The Bertz CT molecular complexity index is 807. The van der Waals surface area contributed by atoms with Crippen molar-refractivity contribution in [3.05, 3.63) is 23.8 Å². The van der Waals surface area contributed by atoms with Gasteiger partial charge in [-0.05, 0) is 37.8 Å². The molecule has 1 aromatic rings. The molecule has 3 aliphatic rings. The van der Waals surface area contributed by atoms with Crippen LogP contribution in [0.4, 0.5) is 0 Å². The van der Waals surface area contributed by atoms with Crippen LogP contribution in [0.15, 0.2) is 18.2 Å². The maximum absolute atomic E-state index is 11.7. The summed E-state index contributed by atoms with van der Waals surface area (Å²) in [5, 5.41) is 0.719. The van der Waals surface area contributed by atoms with E-state index in [0.717, 1.165) is 42.2 Å². The highest BCUT2D eigenvalue weighted by Gasteiger charge is 2.51. The zero-order valence-corrected chi connectivity index (χ0v) is 20.6. The van der Waals surface area contributed by atoms with Crippen LogP contribution >= 0.6 is 0 Å². The van der Waals surface area contributed by atoms with Crippen LogP contribution in [0.2, 0.25) is 6.55 Å². The minimum absolute atomic E-state index is 0.425. The molecule has 1 aliphatic heterocycles. The second-order valence-corrected chi connectivity index (χ2v) is 12.6. The number of carbonyl (C=O) groups excluding carboxylic acids is 2. The Morgan fingerprint density at radius 2 is 1.44 bits per heavy atom. The molecule has 0 spiro atoms. The standard InChI is InChI=1S/C25H36O6Si/c1-18(26)30-32(3,31-19(2)27)23-14-15-24-20(16-23)17-28-25(29-24,21-10-6-4-7-11-21)22-12-8-5-9-13-22/h14-16,21-22H,4-13,17H2,1-3H3. The van der Waals surface area contributed by atoms with Crippen molar-refractivity contribution < 1.29 is 27.9 Å². The molecule has 7 heteroatoms. The van der Waals surface area contributed by atoms with Gasteiger partial charge in [0.1, 0.15) is 5.75 Å². The summed E-state index contributed by atoms with van der Waals surface area (Å²) in [4.78, 5) is 23.4. The summed E-state index contributed by atoms with van der Waals surface area (Å²) in [5.74, 6) is 0.237. The van der Waals surface area contributed by atoms with E-state index in [1.54, 1.807) is 6.55 Å². The SMILES string of the molecule is CC(=O)O[Si](C)(OC(C)=O)c1ccc2c(c1)COC(C1CCCCC1)(C1CCCCC1)O2. The Balaban J connectivity index is 1.64. The van der Waals surface area contributed by atoms with E-state index in [2.05, 4.69) is 0 Å². The van der Waals surface area contributed by atoms with Crippen LogP contribution in [0.5, 0.6) is 5.75 Å². The van der Waals surface area contributed by atoms with Crippen LogP contribution in [0.25, 0.3) is 0 Å². The summed E-state index contributed by atoms with van der Waals surface area (Å²) in [5.41, 5.74) is 0.919. The lowest BCUT2D eigenvalue weighted by molar-refractivity contribution is -0.278. The molecule has 176 valence electrons. The molecule has 1 heterocycles. The minimum Gasteiger partial charge on any atom is -0.482 e. The highest BCUT2D eigenvalue weighted by Crippen LogP contribution is 2.49. The lowest BCUT2D eigenvalue weighted by Gasteiger charge is -2.50. The van der Waals surface area contributed by atoms with Crippen molar-refractivity contribution in [2.24, 2.45) is 11.8 Å². The van der Waals surface area contributed by atoms with E-state index in [0.29, 0.717) is 18.4 Å². The average Bonchev–Trinajstić information content (AvgIpc) is 2.78. The van der Waals surface area contributed by atoms with Crippen LogP contribution in [0, 0.1) is 11.8 Å². The van der Waals surface area contributed by atoms with E-state index in [-0.39, 0.29) is 0 Å². The molecule has 4 rings (SSSR count). The predicted octanol–water partition coefficient (Wildman–Crippen LogP) is 4.86. The van der Waals surface area contributed by atoms with Crippen molar-refractivity contribution in [3.8, 4) is 5.75 Å². The van der Waals surface area contributed by atoms with Gasteiger partial charge >= 0.3 is 8.56 Å². The lowest BCUT2D eigenvalue weighted by Crippen LogP contribution is -2.56. The van der Waals surface area contributed by atoms with Crippen molar-refractivity contribution in [1.82, 2.24) is 0 Å². The number of rotatable bonds is 5. The Labute approximate surface area is 192 Å². The van der Waals surface area contributed by atoms with Gasteiger partial charge in [0.2, 0.25) is 5.79 Å². The Kier molecular flexibility index (Phi) is 6.96. The smallest absolute Gasteiger partial charge is 0.482 e. The van der Waals surface area contributed by atoms with Gasteiger partial charge in [0.15, 0.2) is 0 Å². The zero-order chi connectivity index (χ0) is 22.8. The van der Waals surface area contributed by atoms with E-state index in [1.165, 1.54) is 52.4 Å². The molecule has 0 radical (unpaired) electrons. The third-order valence-electron chi connectivity index (χ3n) is 7.33. The fraction of sp³-hybridized carbons (Fsp3) is 0.680. The van der Waals surface area contributed by atoms with E-state index in [9.17, 15) is 9.59 Å². The van der Waals surface area contributed by atoms with Gasteiger partial charge in [-0.3, -0.25) is 9.59 Å². The number of benzene rings is 1. The van der Waals surface area contributed by atoms with Gasteiger partial charge in [-0.15, -0.1) is 0 Å². The van der Waals surface area contributed by atoms with Crippen molar-refractivity contribution in [2.75, 3.05) is 0 Å². The molecule has 0 aromatic heterocycles. The number of ether oxygens (including phenoxy) is 2. The molecule has 2 saturated carbocycles. The molecule has 0 unspecified atom stereocenters. The first kappa shape index (κ1) is 23.3. The van der Waals surface area contributed by atoms with Crippen LogP contribution in [-0.2, 0) is 29.8 Å². The van der Waals surface area contributed by atoms with Gasteiger partial charge in [0, 0.05) is 43.0 Å². The second kappa shape index (κ2) is 9.55. The minimum atomic E-state index is -3.22. The van der Waals surface area contributed by atoms with E-state index >= 15 is 0 Å². The topological polar surface area (TPSA) is 71.1 Å². The van der Waals surface area contributed by atoms with Gasteiger partial charge in [0.25, 0.3) is 11.9 Å². The first-order valence-electron chi connectivity index (χ1n) is 12.2. The van der Waals surface area contributed by atoms with E-state index in [4.69, 9.17) is 18.3 Å². The molecule has 32 heavy (non-hydrogen) atoms. The van der Waals surface area contributed by atoms with E-state index < -0.39 is 26.3 Å². The van der Waals surface area contributed by atoms with Crippen molar-refractivity contribution in [3.63, 3.8) is 0 Å². The highest BCUT2D eigenvalue weighted by atomic mass is 28.4. The largest absolute Gasteiger partial charge is 0.496 e. The fourth-order valence-corrected chi connectivity index (χ4v) is 8.10. The Morgan fingerprint density at radius 3 is 1.94 bits per heavy atom. The Hall–Kier alpha value is -1.86. The zero-order valence-electron chi connectivity index (χ0n) is 19.6. The molecule has 6 nitrogen and oxygen atoms in total. The maximum atomic E-state index is 11.7. The summed E-state index contributed by atoms with van der Waals surface area (Å²) in [6, 6.07) is 5.76. The molecule has 2 aliphatic carbocycles. The number of hydrogen-bond acceptors (Lipinski definition) is 6. The molecule has 0 bridgehead atoms. The quantitative estimate of drug-likeness (QED) is 0.585. The second-order valence-electron chi connectivity index (χ2n) is 9.74. The normalized spacial score (nSPS) is 21.8. The molecule has 0 saturated heterocycles. The molecule has 1 aromatic carbocycles. The number of carbonyl (C=O) groups is 2. The van der Waals surface area contributed by atoms with Crippen LogP contribution in [0.1, 0.15) is 83.6 Å². The van der Waals surface area contributed by atoms with Crippen molar-refractivity contribution in [2.45, 2.75) is 97.0 Å². The van der Waals surface area contributed by atoms with Crippen LogP contribution < -0.4 is 9.92 Å². The number of fused-ring (bicyclic) bond motifs is 1. The summed E-state index contributed by atoms with van der Waals surface area (Å²) >= 11 is 0. The van der Waals surface area contributed by atoms with Crippen molar-refractivity contribution >= 4 is 25.7 Å². The third-order valence-corrected chi connectivity index (χ3v) is 10.0. The Morgan fingerprint density at radius 1 is 0.906 bits per heavy atom. The molecule has 2 fully saturated rings. The van der Waals surface area contributed by atoms with E-state index in [1.807, 2.05) is 18.2 Å². The highest BCUT2D eigenvalue weighted by molar-refractivity contribution is 6.82. The molecule has 0 amide bonds.